The third-order valence-electron chi connectivity index (χ3n) is 11.8. The van der Waals surface area contributed by atoms with Crippen molar-refractivity contribution < 1.29 is 52.8 Å². The van der Waals surface area contributed by atoms with Crippen LogP contribution in [0.5, 0.6) is 0 Å². The van der Waals surface area contributed by atoms with Gasteiger partial charge in [0.25, 0.3) is 5.91 Å². The maximum absolute atomic E-state index is 13.2. The zero-order valence-corrected chi connectivity index (χ0v) is 41.0. The Bertz CT molecular complexity index is 1210. The molecule has 0 aliphatic heterocycles. The number of ether oxygens (including phenoxy) is 4. The summed E-state index contributed by atoms with van der Waals surface area (Å²) in [5.74, 6) is -3.16. The van der Waals surface area contributed by atoms with Gasteiger partial charge in [-0.3, -0.25) is 28.8 Å². The number of hydrogen-bond donors (Lipinski definition) is 2. The maximum atomic E-state index is 13.2. The number of carboxylic acid groups (broad SMARTS) is 1. The van der Waals surface area contributed by atoms with E-state index in [1.165, 1.54) is 103 Å². The van der Waals surface area contributed by atoms with E-state index in [0.717, 1.165) is 51.4 Å². The molecule has 0 bridgehead atoms. The van der Waals surface area contributed by atoms with Crippen LogP contribution in [0.25, 0.3) is 0 Å². The first-order chi connectivity index (χ1) is 30.3. The smallest absolute Gasteiger partial charge is 0.306 e. The Hall–Kier alpha value is -3.18. The van der Waals surface area contributed by atoms with Crippen molar-refractivity contribution in [1.82, 2.24) is 5.32 Å². The van der Waals surface area contributed by atoms with E-state index in [-0.39, 0.29) is 70.0 Å². The highest BCUT2D eigenvalue weighted by atomic mass is 16.6. The number of nitrogens with one attached hydrogen (secondary N) is 1. The van der Waals surface area contributed by atoms with Crippen LogP contribution in [0.2, 0.25) is 0 Å². The Balaban J connectivity index is 5.06. The van der Waals surface area contributed by atoms with Crippen LogP contribution in [0.15, 0.2) is 0 Å². The molecule has 2 N–H and O–H groups in total. The topological polar surface area (TPSA) is 172 Å². The van der Waals surface area contributed by atoms with Gasteiger partial charge >= 0.3 is 29.8 Å². The number of unbranched alkanes of at least 4 members (excludes halogenated alkanes) is 16. The van der Waals surface area contributed by atoms with Gasteiger partial charge in [0.15, 0.2) is 6.10 Å². The monoisotopic (exact) mass is 896 g/mol. The van der Waals surface area contributed by atoms with E-state index >= 15 is 0 Å². The zero-order chi connectivity index (χ0) is 47.0. The summed E-state index contributed by atoms with van der Waals surface area (Å²) < 4.78 is 22.5. The van der Waals surface area contributed by atoms with E-state index in [1.807, 2.05) is 0 Å². The first kappa shape index (κ1) is 59.8. The summed E-state index contributed by atoms with van der Waals surface area (Å²) in [7, 11) is 0. The lowest BCUT2D eigenvalue weighted by Crippen LogP contribution is -2.49. The Kier molecular flexibility index (Phi) is 38.3. The first-order valence-corrected chi connectivity index (χ1v) is 25.4. The molecule has 0 radical (unpaired) electrons. The van der Waals surface area contributed by atoms with Crippen LogP contribution in [0.4, 0.5) is 0 Å². The van der Waals surface area contributed by atoms with E-state index in [2.05, 4.69) is 33.0 Å². The number of aliphatic carboxylic acids is 1. The van der Waals surface area contributed by atoms with Crippen LogP contribution in [-0.4, -0.2) is 73.3 Å². The average molecular weight is 896 g/mol. The van der Waals surface area contributed by atoms with Crippen molar-refractivity contribution in [2.45, 2.75) is 247 Å². The second kappa shape index (κ2) is 40.3. The molecule has 0 aliphatic rings. The standard InChI is InChI=1S/C51H93NO11/c1-7-11-15-19-21-25-31-42(29-23-17-13-9-3)39-60-45(55)33-27-35-47(57)62-41-51(5,6)49(50(59)52-38-37-44(53)54)63-48(58)36-28-34-46(56)61-40-43(30-24-18-14-10-4)32-26-22-20-16-12-8-2/h42-43,49H,7-41H2,1-6H3,(H,52,59)(H,53,54). The fraction of sp³-hybridized carbons (Fsp3) is 0.882. The van der Waals surface area contributed by atoms with Crippen molar-refractivity contribution in [3.05, 3.63) is 0 Å². The summed E-state index contributed by atoms with van der Waals surface area (Å²) in [5.41, 5.74) is -1.19. The van der Waals surface area contributed by atoms with Crippen molar-refractivity contribution in [1.29, 1.82) is 0 Å². The Morgan fingerprint density at radius 1 is 0.460 bits per heavy atom. The molecule has 1 amide bonds. The van der Waals surface area contributed by atoms with E-state index < -0.39 is 35.3 Å². The van der Waals surface area contributed by atoms with Crippen LogP contribution in [-0.2, 0) is 47.7 Å². The molecule has 0 saturated carbocycles. The summed E-state index contributed by atoms with van der Waals surface area (Å²) in [5, 5.41) is 11.6. The Morgan fingerprint density at radius 2 is 0.810 bits per heavy atom. The zero-order valence-electron chi connectivity index (χ0n) is 41.0. The molecular formula is C51H93NO11. The highest BCUT2D eigenvalue weighted by Gasteiger charge is 2.40. The first-order valence-electron chi connectivity index (χ1n) is 25.4. The fourth-order valence-corrected chi connectivity index (χ4v) is 7.65. The van der Waals surface area contributed by atoms with Gasteiger partial charge in [0.1, 0.15) is 6.61 Å². The molecule has 0 fully saturated rings. The van der Waals surface area contributed by atoms with Gasteiger partial charge in [-0.25, -0.2) is 0 Å². The molecule has 0 aromatic heterocycles. The second-order valence-electron chi connectivity index (χ2n) is 18.6. The van der Waals surface area contributed by atoms with Crippen LogP contribution in [0.3, 0.4) is 0 Å². The molecule has 368 valence electrons. The van der Waals surface area contributed by atoms with Gasteiger partial charge in [0.05, 0.1) is 19.6 Å². The van der Waals surface area contributed by atoms with Crippen molar-refractivity contribution in [3.8, 4) is 0 Å². The van der Waals surface area contributed by atoms with E-state index in [9.17, 15) is 28.8 Å². The molecule has 0 rings (SSSR count). The minimum Gasteiger partial charge on any atom is -0.481 e. The minimum absolute atomic E-state index is 0.0253. The van der Waals surface area contributed by atoms with Gasteiger partial charge in [-0.1, -0.05) is 170 Å². The average Bonchev–Trinajstić information content (AvgIpc) is 3.24. The molecule has 12 heteroatoms. The normalized spacial score (nSPS) is 12.9. The summed E-state index contributed by atoms with van der Waals surface area (Å²) in [6.45, 7) is 12.3. The van der Waals surface area contributed by atoms with Crippen molar-refractivity contribution in [3.63, 3.8) is 0 Å². The van der Waals surface area contributed by atoms with Gasteiger partial charge in [-0.2, -0.15) is 0 Å². The molecule has 0 heterocycles. The highest BCUT2D eigenvalue weighted by molar-refractivity contribution is 5.85. The van der Waals surface area contributed by atoms with Crippen molar-refractivity contribution in [2.24, 2.45) is 17.3 Å². The quantitative estimate of drug-likeness (QED) is 0.0339. The molecule has 0 spiro atoms. The fourth-order valence-electron chi connectivity index (χ4n) is 7.65. The lowest BCUT2D eigenvalue weighted by molar-refractivity contribution is -0.169. The van der Waals surface area contributed by atoms with Crippen molar-refractivity contribution in [2.75, 3.05) is 26.4 Å². The third kappa shape index (κ3) is 35.8. The van der Waals surface area contributed by atoms with Crippen LogP contribution in [0, 0.1) is 17.3 Å². The van der Waals surface area contributed by atoms with E-state index in [0.29, 0.717) is 25.0 Å². The number of amides is 1. The van der Waals surface area contributed by atoms with Gasteiger partial charge in [0.2, 0.25) is 0 Å². The van der Waals surface area contributed by atoms with Crippen LogP contribution < -0.4 is 5.32 Å². The Labute approximate surface area is 383 Å². The number of carbonyl (C=O) groups is 6. The molecule has 12 nitrogen and oxygen atoms in total. The number of esters is 4. The predicted octanol–water partition coefficient (Wildman–Crippen LogP) is 12.2. The number of rotatable bonds is 44. The lowest BCUT2D eigenvalue weighted by Gasteiger charge is -2.32. The largest absolute Gasteiger partial charge is 0.481 e. The SMILES string of the molecule is CCCCCCCCC(CCCCCC)COC(=O)CCCC(=O)OCC(C)(C)C(OC(=O)CCCC(=O)OCC(CCCCCC)CCCCCCCC)C(=O)NCCC(=O)O. The highest BCUT2D eigenvalue weighted by Crippen LogP contribution is 2.26. The number of carbonyl (C=O) groups excluding carboxylic acids is 5. The van der Waals surface area contributed by atoms with Crippen LogP contribution in [0.1, 0.15) is 241 Å². The minimum atomic E-state index is -1.41. The summed E-state index contributed by atoms with van der Waals surface area (Å²) >= 11 is 0. The molecule has 0 aromatic carbocycles. The third-order valence-corrected chi connectivity index (χ3v) is 11.8. The van der Waals surface area contributed by atoms with Gasteiger partial charge in [0, 0.05) is 37.6 Å². The Morgan fingerprint density at radius 3 is 1.21 bits per heavy atom. The molecule has 3 atom stereocenters. The second-order valence-corrected chi connectivity index (χ2v) is 18.6. The van der Waals surface area contributed by atoms with Gasteiger partial charge in [-0.15, -0.1) is 0 Å². The molecule has 0 saturated heterocycles. The number of hydrogen-bond acceptors (Lipinski definition) is 10. The predicted molar refractivity (Wildman–Crippen MR) is 250 cm³/mol. The molecule has 63 heavy (non-hydrogen) atoms. The summed E-state index contributed by atoms with van der Waals surface area (Å²) in [6, 6.07) is 0. The summed E-state index contributed by atoms with van der Waals surface area (Å²) in [4.78, 5) is 75.5. The van der Waals surface area contributed by atoms with E-state index in [4.69, 9.17) is 24.1 Å². The lowest BCUT2D eigenvalue weighted by atomic mass is 9.86. The van der Waals surface area contributed by atoms with Crippen molar-refractivity contribution >= 4 is 35.8 Å². The molecule has 0 aromatic rings. The van der Waals surface area contributed by atoms with Gasteiger partial charge in [-0.05, 0) is 50.4 Å². The molecule has 0 aliphatic carbocycles. The maximum Gasteiger partial charge on any atom is 0.306 e. The summed E-state index contributed by atoms with van der Waals surface area (Å²) in [6.07, 6.45) is 26.8. The number of carboxylic acids is 1. The van der Waals surface area contributed by atoms with Crippen LogP contribution >= 0.6 is 0 Å². The molecular weight excluding hydrogens is 803 g/mol. The van der Waals surface area contributed by atoms with Gasteiger partial charge < -0.3 is 29.4 Å². The van der Waals surface area contributed by atoms with E-state index in [1.54, 1.807) is 13.8 Å². The molecule has 3 unspecified atom stereocenters.